The van der Waals surface area contributed by atoms with Crippen molar-refractivity contribution in [3.63, 3.8) is 0 Å². The van der Waals surface area contributed by atoms with Crippen LogP contribution in [0.1, 0.15) is 37.8 Å². The highest BCUT2D eigenvalue weighted by Crippen LogP contribution is 2.34. The molecule has 0 saturated heterocycles. The van der Waals surface area contributed by atoms with Crippen molar-refractivity contribution in [2.24, 2.45) is 0 Å². The maximum atomic E-state index is 9.22. The van der Waals surface area contributed by atoms with Crippen LogP contribution in [0.3, 0.4) is 0 Å². The van der Waals surface area contributed by atoms with Crippen LogP contribution in [0.2, 0.25) is 0 Å². The lowest BCUT2D eigenvalue weighted by atomic mass is 9.93. The Bertz CT molecular complexity index is 1140. The van der Waals surface area contributed by atoms with E-state index in [0.717, 1.165) is 30.5 Å². The van der Waals surface area contributed by atoms with Crippen LogP contribution in [-0.2, 0) is 11.2 Å². The molecule has 2 heterocycles. The molecule has 0 radical (unpaired) electrons. The van der Waals surface area contributed by atoms with Gasteiger partial charge < -0.3 is 9.64 Å². The Kier molecular flexibility index (Phi) is 5.65. The summed E-state index contributed by atoms with van der Waals surface area (Å²) in [5, 5.41) is 9.22. The second kappa shape index (κ2) is 8.54. The molecule has 0 amide bonds. The molecule has 0 fully saturated rings. The lowest BCUT2D eigenvalue weighted by Gasteiger charge is -2.32. The third-order valence-electron chi connectivity index (χ3n) is 5.60. The van der Waals surface area contributed by atoms with Gasteiger partial charge >= 0.3 is 0 Å². The topological polar surface area (TPSA) is 40.6 Å². The van der Waals surface area contributed by atoms with E-state index >= 15 is 0 Å². The van der Waals surface area contributed by atoms with Gasteiger partial charge in [0.2, 0.25) is 0 Å². The number of nitrogens with zero attached hydrogens (tertiary/aromatic N) is 3. The van der Waals surface area contributed by atoms with Gasteiger partial charge in [0.1, 0.15) is 11.4 Å². The number of ether oxygens (including phenoxy) is 1. The summed E-state index contributed by atoms with van der Waals surface area (Å²) in [5.74, 6) is 0.664. The van der Waals surface area contributed by atoms with E-state index in [2.05, 4.69) is 58.3 Å². The maximum absolute atomic E-state index is 9.22. The molecule has 4 nitrogen and oxygen atoms in total. The summed E-state index contributed by atoms with van der Waals surface area (Å²) in [6.45, 7) is 12.2. The third-order valence-corrected chi connectivity index (χ3v) is 5.60. The van der Waals surface area contributed by atoms with Crippen molar-refractivity contribution in [3.8, 4) is 6.07 Å². The van der Waals surface area contributed by atoms with E-state index < -0.39 is 5.60 Å². The minimum Gasteiger partial charge on any atom is -0.488 e. The minimum absolute atomic E-state index is 0.133. The van der Waals surface area contributed by atoms with E-state index in [1.165, 1.54) is 16.9 Å². The summed E-state index contributed by atoms with van der Waals surface area (Å²) < 4.78 is 6.04. The van der Waals surface area contributed by atoms with Crippen molar-refractivity contribution in [2.45, 2.75) is 38.7 Å². The highest BCUT2D eigenvalue weighted by atomic mass is 16.5. The Morgan fingerprint density at radius 2 is 1.94 bits per heavy atom. The van der Waals surface area contributed by atoms with Gasteiger partial charge in [0.05, 0.1) is 12.6 Å². The Morgan fingerprint density at radius 1 is 1.16 bits per heavy atom. The molecule has 154 valence electrons. The molecule has 0 aliphatic carbocycles. The molecule has 2 aliphatic rings. The lowest BCUT2D eigenvalue weighted by Crippen LogP contribution is -2.27. The number of fused-ring (bicyclic) bond motifs is 1. The molecule has 4 heteroatoms. The van der Waals surface area contributed by atoms with Gasteiger partial charge in [-0.15, -0.1) is 0 Å². The van der Waals surface area contributed by atoms with E-state index in [4.69, 9.17) is 11.3 Å². The number of benzene rings is 2. The number of allylic oxidation sites excluding steroid dienone is 3. The quantitative estimate of drug-likeness (QED) is 0.427. The molecule has 0 bridgehead atoms. The van der Waals surface area contributed by atoms with Gasteiger partial charge in [0.15, 0.2) is 0 Å². The van der Waals surface area contributed by atoms with E-state index in [-0.39, 0.29) is 5.70 Å². The highest BCUT2D eigenvalue weighted by Gasteiger charge is 2.27. The zero-order valence-electron chi connectivity index (χ0n) is 17.9. The average Bonchev–Trinajstić information content (AvgIpc) is 2.77. The molecule has 0 unspecified atom stereocenters. The third kappa shape index (κ3) is 4.55. The van der Waals surface area contributed by atoms with Crippen LogP contribution in [0, 0.1) is 17.9 Å². The van der Waals surface area contributed by atoms with Gasteiger partial charge in [-0.3, -0.25) is 0 Å². The maximum Gasteiger partial charge on any atom is 0.265 e. The smallest absolute Gasteiger partial charge is 0.265 e. The molecule has 0 spiro atoms. The molecule has 31 heavy (non-hydrogen) atoms. The number of hydrogen-bond donors (Lipinski definition) is 0. The van der Waals surface area contributed by atoms with Gasteiger partial charge in [0, 0.05) is 24.3 Å². The lowest BCUT2D eigenvalue weighted by molar-refractivity contribution is 0.0356. The first kappa shape index (κ1) is 20.5. The second-order valence-electron chi connectivity index (χ2n) is 8.49. The van der Waals surface area contributed by atoms with Gasteiger partial charge in [0.25, 0.3) is 5.70 Å². The van der Waals surface area contributed by atoms with Crippen LogP contribution in [-0.4, -0.2) is 12.1 Å². The summed E-state index contributed by atoms with van der Waals surface area (Å²) in [4.78, 5) is 5.74. The van der Waals surface area contributed by atoms with Crippen molar-refractivity contribution < 1.29 is 4.74 Å². The van der Waals surface area contributed by atoms with E-state index in [1.807, 2.05) is 32.1 Å². The summed E-state index contributed by atoms with van der Waals surface area (Å²) in [7, 11) is 0. The number of rotatable bonds is 3. The van der Waals surface area contributed by atoms with Crippen molar-refractivity contribution in [2.75, 3.05) is 11.4 Å². The van der Waals surface area contributed by atoms with E-state index in [0.29, 0.717) is 12.2 Å². The molecule has 0 N–H and O–H groups in total. The molecule has 2 aromatic carbocycles. The number of anilines is 2. The Morgan fingerprint density at radius 3 is 2.68 bits per heavy atom. The van der Waals surface area contributed by atoms with Gasteiger partial charge in [-0.25, -0.2) is 10.1 Å². The first-order valence-corrected chi connectivity index (χ1v) is 10.5. The van der Waals surface area contributed by atoms with Crippen LogP contribution in [0.25, 0.3) is 10.9 Å². The van der Waals surface area contributed by atoms with Gasteiger partial charge in [-0.1, -0.05) is 36.4 Å². The fourth-order valence-electron chi connectivity index (χ4n) is 4.21. The molecule has 4 rings (SSSR count). The molecule has 2 aliphatic heterocycles. The SMILES string of the molecule is [C-]#[N+]/C(C#N)=C1C=C(/C=C/c2ccc(N3CCCc4ccccc43)cc2)OC(C)(C)C\1. The fraction of sp³-hybridized carbons (Fsp3) is 0.259. The summed E-state index contributed by atoms with van der Waals surface area (Å²) in [6.07, 6.45) is 8.55. The Balaban J connectivity index is 1.55. The molecule has 0 atom stereocenters. The summed E-state index contributed by atoms with van der Waals surface area (Å²) in [6, 6.07) is 19.1. The van der Waals surface area contributed by atoms with Crippen LogP contribution in [0.4, 0.5) is 11.4 Å². The van der Waals surface area contributed by atoms with Crippen LogP contribution < -0.4 is 4.90 Å². The number of para-hydroxylation sites is 1. The summed E-state index contributed by atoms with van der Waals surface area (Å²) in [5.41, 5.74) is 5.37. The Hall–Kier alpha value is -3.76. The molecule has 0 aromatic heterocycles. The monoisotopic (exact) mass is 407 g/mol. The number of nitriles is 1. The number of hydrogen-bond acceptors (Lipinski definition) is 3. The average molecular weight is 408 g/mol. The largest absolute Gasteiger partial charge is 0.488 e. The Labute approximate surface area is 184 Å². The predicted octanol–water partition coefficient (Wildman–Crippen LogP) is 6.56. The minimum atomic E-state index is -0.456. The van der Waals surface area contributed by atoms with Crippen molar-refractivity contribution >= 4 is 17.5 Å². The van der Waals surface area contributed by atoms with Gasteiger partial charge in [-0.05, 0) is 73.7 Å². The van der Waals surface area contributed by atoms with Crippen molar-refractivity contribution in [1.82, 2.24) is 0 Å². The normalized spacial score (nSPS) is 19.0. The first-order chi connectivity index (χ1) is 15.0. The fourth-order valence-corrected chi connectivity index (χ4v) is 4.21. The van der Waals surface area contributed by atoms with Crippen molar-refractivity contribution in [1.29, 1.82) is 5.26 Å². The van der Waals surface area contributed by atoms with Gasteiger partial charge in [-0.2, -0.15) is 0 Å². The highest BCUT2D eigenvalue weighted by molar-refractivity contribution is 5.69. The second-order valence-corrected chi connectivity index (χ2v) is 8.49. The van der Waals surface area contributed by atoms with Crippen molar-refractivity contribution in [3.05, 3.63) is 100 Å². The molecular formula is C27H25N3O. The molecule has 2 aromatic rings. The zero-order valence-corrected chi connectivity index (χ0v) is 17.9. The molecular weight excluding hydrogens is 382 g/mol. The predicted molar refractivity (Wildman–Crippen MR) is 124 cm³/mol. The van der Waals surface area contributed by atoms with Crippen LogP contribution >= 0.6 is 0 Å². The van der Waals surface area contributed by atoms with Crippen LogP contribution in [0.15, 0.2) is 77.7 Å². The van der Waals surface area contributed by atoms with E-state index in [9.17, 15) is 5.26 Å². The summed E-state index contributed by atoms with van der Waals surface area (Å²) >= 11 is 0. The standard InChI is InChI=1S/C27H25N3O/c1-27(2)18-22(25(19-28)29-3)17-24(31-27)15-12-20-10-13-23(14-11-20)30-16-6-8-21-7-4-5-9-26(21)30/h4-5,7,9-15,17H,6,8,16,18H2,1-2H3/b15-12+,25-22+. The molecule has 0 saturated carbocycles. The van der Waals surface area contributed by atoms with E-state index in [1.54, 1.807) is 6.08 Å². The zero-order chi connectivity index (χ0) is 21.8. The van der Waals surface area contributed by atoms with Crippen LogP contribution in [0.5, 0.6) is 0 Å². The first-order valence-electron chi connectivity index (χ1n) is 10.5. The number of aryl methyl sites for hydroxylation is 1.